The van der Waals surface area contributed by atoms with E-state index in [0.717, 1.165) is 0 Å². The third kappa shape index (κ3) is 4.32. The van der Waals surface area contributed by atoms with Crippen LogP contribution in [0, 0.1) is 11.3 Å². The Bertz CT molecular complexity index is 580. The maximum absolute atomic E-state index is 12.4. The summed E-state index contributed by atoms with van der Waals surface area (Å²) in [5.74, 6) is -0.833. The first-order chi connectivity index (χ1) is 10.3. The zero-order valence-electron chi connectivity index (χ0n) is 13.7. The highest BCUT2D eigenvalue weighted by Crippen LogP contribution is 2.12. The van der Waals surface area contributed by atoms with Crippen molar-refractivity contribution in [3.05, 3.63) is 35.4 Å². The molecule has 0 aromatic heterocycles. The van der Waals surface area contributed by atoms with Crippen molar-refractivity contribution in [2.24, 2.45) is 0 Å². The number of rotatable bonds is 5. The van der Waals surface area contributed by atoms with Crippen LogP contribution in [0.5, 0.6) is 0 Å². The van der Waals surface area contributed by atoms with E-state index in [2.05, 4.69) is 0 Å². The second-order valence-electron chi connectivity index (χ2n) is 5.67. The predicted molar refractivity (Wildman–Crippen MR) is 83.2 cm³/mol. The van der Waals surface area contributed by atoms with Crippen molar-refractivity contribution in [1.29, 1.82) is 5.26 Å². The molecule has 0 bridgehead atoms. The molecule has 1 aromatic carbocycles. The van der Waals surface area contributed by atoms with Gasteiger partial charge in [-0.05, 0) is 52.8 Å². The smallest absolute Gasteiger partial charge is 0.338 e. The molecule has 0 saturated heterocycles. The van der Waals surface area contributed by atoms with Crippen LogP contribution in [0.4, 0.5) is 0 Å². The summed E-state index contributed by atoms with van der Waals surface area (Å²) in [6.45, 7) is 9.24. The standard InChI is InChI=1S/C17H22N2O3/c1-11(2)19(12(3)4)16(20)13(5)22-17(21)15-8-6-7-14(9-15)10-18/h6-9,11-13H,1-5H3/t13-/m0/s1. The van der Waals surface area contributed by atoms with Gasteiger partial charge < -0.3 is 9.64 Å². The lowest BCUT2D eigenvalue weighted by Crippen LogP contribution is -2.47. The Labute approximate surface area is 131 Å². The average molecular weight is 302 g/mol. The average Bonchev–Trinajstić information content (AvgIpc) is 2.46. The fourth-order valence-corrected chi connectivity index (χ4v) is 2.31. The fourth-order valence-electron chi connectivity index (χ4n) is 2.31. The zero-order valence-corrected chi connectivity index (χ0v) is 13.7. The Balaban J connectivity index is 2.83. The monoisotopic (exact) mass is 302 g/mol. The van der Waals surface area contributed by atoms with Crippen molar-refractivity contribution in [2.45, 2.75) is 52.8 Å². The summed E-state index contributed by atoms with van der Waals surface area (Å²) in [6, 6.07) is 8.23. The molecule has 1 aromatic rings. The van der Waals surface area contributed by atoms with Crippen LogP contribution in [-0.4, -0.2) is 35.0 Å². The number of benzene rings is 1. The van der Waals surface area contributed by atoms with E-state index in [0.29, 0.717) is 5.56 Å². The first-order valence-electron chi connectivity index (χ1n) is 7.31. The lowest BCUT2D eigenvalue weighted by molar-refractivity contribution is -0.143. The van der Waals surface area contributed by atoms with Gasteiger partial charge in [-0.3, -0.25) is 4.79 Å². The molecule has 5 nitrogen and oxygen atoms in total. The van der Waals surface area contributed by atoms with E-state index in [4.69, 9.17) is 10.00 Å². The number of carbonyl (C=O) groups excluding carboxylic acids is 2. The van der Waals surface area contributed by atoms with Crippen LogP contribution >= 0.6 is 0 Å². The van der Waals surface area contributed by atoms with Crippen LogP contribution in [0.25, 0.3) is 0 Å². The Morgan fingerprint density at radius 3 is 2.23 bits per heavy atom. The van der Waals surface area contributed by atoms with Gasteiger partial charge in [-0.2, -0.15) is 5.26 Å². The van der Waals surface area contributed by atoms with Gasteiger partial charge in [-0.1, -0.05) is 6.07 Å². The lowest BCUT2D eigenvalue weighted by Gasteiger charge is -2.32. The van der Waals surface area contributed by atoms with Crippen LogP contribution < -0.4 is 0 Å². The van der Waals surface area contributed by atoms with Gasteiger partial charge in [0, 0.05) is 12.1 Å². The molecule has 0 aliphatic rings. The molecule has 118 valence electrons. The summed E-state index contributed by atoms with van der Waals surface area (Å²) in [6.07, 6.45) is -0.872. The highest BCUT2D eigenvalue weighted by atomic mass is 16.5. The first kappa shape index (κ1) is 17.7. The maximum Gasteiger partial charge on any atom is 0.338 e. The van der Waals surface area contributed by atoms with Gasteiger partial charge in [-0.15, -0.1) is 0 Å². The molecule has 0 fully saturated rings. The molecule has 0 unspecified atom stereocenters. The minimum Gasteiger partial charge on any atom is -0.449 e. The molecule has 0 heterocycles. The van der Waals surface area contributed by atoms with Crippen molar-refractivity contribution in [3.63, 3.8) is 0 Å². The molecule has 0 aliphatic heterocycles. The SMILES string of the molecule is CC(C)N(C(=O)[C@H](C)OC(=O)c1cccc(C#N)c1)C(C)C. The molecular weight excluding hydrogens is 280 g/mol. The van der Waals surface area contributed by atoms with Crippen molar-refractivity contribution >= 4 is 11.9 Å². The predicted octanol–water partition coefficient (Wildman–Crippen LogP) is 2.75. The zero-order chi connectivity index (χ0) is 16.9. The van der Waals surface area contributed by atoms with Crippen molar-refractivity contribution in [3.8, 4) is 6.07 Å². The molecule has 0 spiro atoms. The minimum absolute atomic E-state index is 0.0237. The number of nitriles is 1. The highest BCUT2D eigenvalue weighted by Gasteiger charge is 2.27. The normalized spacial score (nSPS) is 11.9. The van der Waals surface area contributed by atoms with E-state index in [1.165, 1.54) is 6.07 Å². The summed E-state index contributed by atoms with van der Waals surface area (Å²) in [5.41, 5.74) is 0.638. The largest absolute Gasteiger partial charge is 0.449 e. The second-order valence-corrected chi connectivity index (χ2v) is 5.67. The number of amides is 1. The number of esters is 1. The van der Waals surface area contributed by atoms with E-state index < -0.39 is 12.1 Å². The summed E-state index contributed by atoms with van der Waals surface area (Å²) >= 11 is 0. The third-order valence-corrected chi connectivity index (χ3v) is 3.23. The van der Waals surface area contributed by atoms with Gasteiger partial charge in [0.1, 0.15) is 0 Å². The van der Waals surface area contributed by atoms with E-state index >= 15 is 0 Å². The van der Waals surface area contributed by atoms with Gasteiger partial charge in [0.2, 0.25) is 0 Å². The summed E-state index contributed by atoms with van der Waals surface area (Å²) in [4.78, 5) is 26.2. The molecule has 1 atom stereocenters. The number of carbonyl (C=O) groups is 2. The topological polar surface area (TPSA) is 70.4 Å². The Morgan fingerprint density at radius 2 is 1.73 bits per heavy atom. The molecular formula is C17H22N2O3. The summed E-state index contributed by atoms with van der Waals surface area (Å²) < 4.78 is 5.24. The molecule has 1 amide bonds. The summed E-state index contributed by atoms with van der Waals surface area (Å²) in [7, 11) is 0. The van der Waals surface area contributed by atoms with Gasteiger partial charge in [0.05, 0.1) is 17.2 Å². The maximum atomic E-state index is 12.4. The lowest BCUT2D eigenvalue weighted by atomic mass is 10.1. The fraction of sp³-hybridized carbons (Fsp3) is 0.471. The van der Waals surface area contributed by atoms with E-state index in [1.54, 1.807) is 30.0 Å². The quantitative estimate of drug-likeness (QED) is 0.784. The van der Waals surface area contributed by atoms with Crippen LogP contribution in [0.3, 0.4) is 0 Å². The highest BCUT2D eigenvalue weighted by molar-refractivity contribution is 5.92. The number of hydrogen-bond acceptors (Lipinski definition) is 4. The van der Waals surface area contributed by atoms with Gasteiger partial charge in [0.25, 0.3) is 5.91 Å². The summed E-state index contributed by atoms with van der Waals surface area (Å²) in [5, 5.41) is 8.85. The molecule has 0 aliphatic carbocycles. The van der Waals surface area contributed by atoms with Crippen LogP contribution in [-0.2, 0) is 9.53 Å². The molecule has 0 N–H and O–H groups in total. The molecule has 1 rings (SSSR count). The molecule has 5 heteroatoms. The number of nitrogens with zero attached hydrogens (tertiary/aromatic N) is 2. The second kappa shape index (κ2) is 7.60. The third-order valence-electron chi connectivity index (χ3n) is 3.23. The molecule has 0 saturated carbocycles. The van der Waals surface area contributed by atoms with Crippen molar-refractivity contribution in [1.82, 2.24) is 4.90 Å². The van der Waals surface area contributed by atoms with E-state index in [9.17, 15) is 9.59 Å². The van der Waals surface area contributed by atoms with E-state index in [-0.39, 0.29) is 23.6 Å². The van der Waals surface area contributed by atoms with Crippen molar-refractivity contribution in [2.75, 3.05) is 0 Å². The number of ether oxygens (including phenoxy) is 1. The Morgan fingerprint density at radius 1 is 1.14 bits per heavy atom. The molecule has 0 radical (unpaired) electrons. The van der Waals surface area contributed by atoms with E-state index in [1.807, 2.05) is 33.8 Å². The van der Waals surface area contributed by atoms with Crippen LogP contribution in [0.1, 0.15) is 50.5 Å². The number of hydrogen-bond donors (Lipinski definition) is 0. The molecule has 22 heavy (non-hydrogen) atoms. The van der Waals surface area contributed by atoms with Gasteiger partial charge in [-0.25, -0.2) is 4.79 Å². The minimum atomic E-state index is -0.872. The first-order valence-corrected chi connectivity index (χ1v) is 7.31. The van der Waals surface area contributed by atoms with Gasteiger partial charge >= 0.3 is 5.97 Å². The van der Waals surface area contributed by atoms with Crippen LogP contribution in [0.15, 0.2) is 24.3 Å². The Kier molecular flexibility index (Phi) is 6.11. The van der Waals surface area contributed by atoms with Crippen molar-refractivity contribution < 1.29 is 14.3 Å². The Hall–Kier alpha value is -2.35. The van der Waals surface area contributed by atoms with Gasteiger partial charge in [0.15, 0.2) is 6.10 Å². The van der Waals surface area contributed by atoms with Crippen LogP contribution in [0.2, 0.25) is 0 Å².